The average Bonchev–Trinajstić information content (AvgIpc) is 3.54. The van der Waals surface area contributed by atoms with Crippen LogP contribution in [0, 0.1) is 28.6 Å². The van der Waals surface area contributed by atoms with E-state index in [0.717, 1.165) is 0 Å². The number of aromatic hydroxyl groups is 1. The maximum Gasteiger partial charge on any atom is 0.351 e. The predicted octanol–water partition coefficient (Wildman–Crippen LogP) is 4.09. The lowest BCUT2D eigenvalue weighted by atomic mass is 9.46. The molecule has 9 atom stereocenters. The summed E-state index contributed by atoms with van der Waals surface area (Å²) in [6.45, 7) is 5.75. The quantitative estimate of drug-likeness (QED) is 0.483. The highest BCUT2D eigenvalue weighted by atomic mass is 19.1. The normalized spacial score (nSPS) is 45.1. The zero-order chi connectivity index (χ0) is 26.5. The third-order valence-corrected chi connectivity index (χ3v) is 10.3. The Morgan fingerprint density at radius 3 is 2.65 bits per heavy atom. The van der Waals surface area contributed by atoms with Crippen molar-refractivity contribution in [3.8, 4) is 5.75 Å². The van der Waals surface area contributed by atoms with Crippen molar-refractivity contribution in [1.29, 1.82) is 0 Å². The van der Waals surface area contributed by atoms with Crippen LogP contribution in [-0.2, 0) is 23.8 Å². The van der Waals surface area contributed by atoms with E-state index < -0.39 is 46.1 Å². The van der Waals surface area contributed by atoms with Crippen LogP contribution in [-0.4, -0.2) is 53.4 Å². The van der Waals surface area contributed by atoms with E-state index in [-0.39, 0.29) is 41.5 Å². The lowest BCUT2D eigenvalue weighted by molar-refractivity contribution is -0.188. The maximum absolute atomic E-state index is 15.8. The number of allylic oxidation sites excluding steroid dienone is 2. The Labute approximate surface area is 214 Å². The predicted molar refractivity (Wildman–Crippen MR) is 129 cm³/mol. The number of epoxide rings is 1. The average molecular weight is 511 g/mol. The van der Waals surface area contributed by atoms with Crippen LogP contribution in [0.25, 0.3) is 0 Å². The summed E-state index contributed by atoms with van der Waals surface area (Å²) in [5.74, 6) is -2.54. The zero-order valence-corrected chi connectivity index (χ0v) is 21.3. The molecular formula is C29H31FO7. The number of phenolic OH excluding ortho intramolecular Hbond substituents is 1. The number of carbonyl (C=O) groups is 3. The minimum absolute atomic E-state index is 0.0914. The summed E-state index contributed by atoms with van der Waals surface area (Å²) in [4.78, 5) is 39.1. The van der Waals surface area contributed by atoms with Gasteiger partial charge in [0, 0.05) is 16.7 Å². The van der Waals surface area contributed by atoms with Gasteiger partial charge < -0.3 is 19.3 Å². The molecule has 1 aromatic rings. The van der Waals surface area contributed by atoms with Gasteiger partial charge in [0.1, 0.15) is 17.5 Å². The van der Waals surface area contributed by atoms with Crippen molar-refractivity contribution in [2.24, 2.45) is 28.6 Å². The summed E-state index contributed by atoms with van der Waals surface area (Å²) in [7, 11) is 1.27. The minimum atomic E-state index is -1.62. The molecular weight excluding hydrogens is 479 g/mol. The van der Waals surface area contributed by atoms with E-state index in [4.69, 9.17) is 14.2 Å². The number of ketones is 1. The van der Waals surface area contributed by atoms with Gasteiger partial charge in [-0.3, -0.25) is 4.79 Å². The van der Waals surface area contributed by atoms with Gasteiger partial charge in [-0.1, -0.05) is 26.0 Å². The van der Waals surface area contributed by atoms with E-state index in [1.165, 1.54) is 43.5 Å². The molecule has 0 amide bonds. The summed E-state index contributed by atoms with van der Waals surface area (Å²) in [6, 6.07) is 5.79. The van der Waals surface area contributed by atoms with E-state index in [0.29, 0.717) is 18.4 Å². The van der Waals surface area contributed by atoms with Crippen LogP contribution in [0.4, 0.5) is 4.39 Å². The number of fused-ring (bicyclic) bond motifs is 3. The monoisotopic (exact) mass is 510 g/mol. The first-order valence-corrected chi connectivity index (χ1v) is 12.8. The highest BCUT2D eigenvalue weighted by Crippen LogP contribution is 2.77. The number of methoxy groups -OCH3 is 1. The number of hydrogen-bond acceptors (Lipinski definition) is 7. The Balaban J connectivity index is 1.44. The molecule has 1 aliphatic heterocycles. The number of phenols is 1. The molecule has 6 rings (SSSR count). The number of benzene rings is 1. The van der Waals surface area contributed by atoms with E-state index in [1.54, 1.807) is 6.08 Å². The fourth-order valence-electron chi connectivity index (χ4n) is 8.64. The lowest BCUT2D eigenvalue weighted by Crippen LogP contribution is -2.64. The number of ether oxygens (including phenoxy) is 3. The number of alkyl halides is 1. The molecule has 1 saturated heterocycles. The van der Waals surface area contributed by atoms with Crippen molar-refractivity contribution in [2.45, 2.75) is 63.5 Å². The summed E-state index contributed by atoms with van der Waals surface area (Å²) in [5, 5.41) is 9.88. The topological polar surface area (TPSA) is 102 Å². The number of halogens is 1. The summed E-state index contributed by atoms with van der Waals surface area (Å²) < 4.78 is 33.6. The van der Waals surface area contributed by atoms with Gasteiger partial charge in [0.05, 0.1) is 18.8 Å². The zero-order valence-electron chi connectivity index (χ0n) is 21.3. The summed E-state index contributed by atoms with van der Waals surface area (Å²) in [6.07, 6.45) is 4.19. The van der Waals surface area contributed by atoms with Crippen LogP contribution in [0.3, 0.4) is 0 Å². The molecule has 7 nitrogen and oxygen atoms in total. The second-order valence-corrected chi connectivity index (χ2v) is 11.8. The van der Waals surface area contributed by atoms with Gasteiger partial charge in [-0.2, -0.15) is 0 Å². The first kappa shape index (κ1) is 24.3. The number of esters is 2. The van der Waals surface area contributed by atoms with Crippen molar-refractivity contribution in [3.05, 3.63) is 53.6 Å². The third-order valence-electron chi connectivity index (χ3n) is 10.3. The molecule has 1 heterocycles. The highest BCUT2D eigenvalue weighted by Gasteiger charge is 2.84. The van der Waals surface area contributed by atoms with Crippen LogP contribution in [0.15, 0.2) is 48.1 Å². The second-order valence-electron chi connectivity index (χ2n) is 11.8. The van der Waals surface area contributed by atoms with E-state index in [9.17, 15) is 19.5 Å². The molecule has 3 saturated carbocycles. The van der Waals surface area contributed by atoms with Gasteiger partial charge in [-0.25, -0.2) is 14.0 Å². The van der Waals surface area contributed by atoms with Crippen molar-refractivity contribution in [3.63, 3.8) is 0 Å². The van der Waals surface area contributed by atoms with Gasteiger partial charge in [0.2, 0.25) is 5.60 Å². The van der Waals surface area contributed by atoms with Crippen LogP contribution in [0.5, 0.6) is 5.75 Å². The Kier molecular flexibility index (Phi) is 4.95. The van der Waals surface area contributed by atoms with Crippen molar-refractivity contribution < 1.29 is 38.1 Å². The first-order chi connectivity index (χ1) is 17.4. The van der Waals surface area contributed by atoms with Gasteiger partial charge in [0.25, 0.3) is 0 Å². The molecule has 4 fully saturated rings. The third kappa shape index (κ3) is 2.82. The lowest BCUT2D eigenvalue weighted by Gasteiger charge is -2.56. The van der Waals surface area contributed by atoms with E-state index in [1.807, 2.05) is 20.8 Å². The molecule has 5 aliphatic rings. The molecule has 2 unspecified atom stereocenters. The van der Waals surface area contributed by atoms with E-state index >= 15 is 4.39 Å². The molecule has 1 spiro atoms. The Bertz CT molecular complexity index is 1290. The SMILES string of the molecule is COC(=O)[C@@]1(OC(=O)c2cccc(O)c2)[C@H](C)CC2C3C[C@H](F)C4=CC(=O)C=C[C@]4(C)[C@@]34O[C@H]4C[C@@]21C. The largest absolute Gasteiger partial charge is 0.508 e. The standard InChI is InChI=1S/C29H31FO7/c1-15-10-19-20-13-22(30)21-12-18(32)8-9-26(21,2)29(20)23(36-29)14-27(19,3)28(15,25(34)35-4)37-24(33)16-6-5-7-17(31)11-16/h5-9,11-12,15,19-20,22-23,31H,10,13-14H2,1-4H3/t15-,19?,20?,22+,23+,26+,27+,28+,29-/m1/s1. The van der Waals surface area contributed by atoms with Crippen molar-refractivity contribution >= 4 is 17.7 Å². The Morgan fingerprint density at radius 1 is 1.19 bits per heavy atom. The van der Waals surface area contributed by atoms with Crippen LogP contribution in [0.2, 0.25) is 0 Å². The van der Waals surface area contributed by atoms with Gasteiger partial charge >= 0.3 is 11.9 Å². The fraction of sp³-hybridized carbons (Fsp3) is 0.552. The fourth-order valence-corrected chi connectivity index (χ4v) is 8.64. The second kappa shape index (κ2) is 7.53. The maximum atomic E-state index is 15.8. The molecule has 1 aromatic carbocycles. The minimum Gasteiger partial charge on any atom is -0.508 e. The molecule has 8 heteroatoms. The van der Waals surface area contributed by atoms with Crippen LogP contribution in [0.1, 0.15) is 50.4 Å². The van der Waals surface area contributed by atoms with Crippen molar-refractivity contribution in [2.75, 3.05) is 7.11 Å². The first-order valence-electron chi connectivity index (χ1n) is 12.8. The van der Waals surface area contributed by atoms with Gasteiger partial charge in [-0.15, -0.1) is 0 Å². The molecule has 196 valence electrons. The highest BCUT2D eigenvalue weighted by molar-refractivity contribution is 6.01. The molecule has 0 aromatic heterocycles. The Hall–Kier alpha value is -3.00. The number of hydrogen-bond donors (Lipinski definition) is 1. The van der Waals surface area contributed by atoms with E-state index in [2.05, 4.69) is 0 Å². The van der Waals surface area contributed by atoms with Gasteiger partial charge in [-0.05, 0) is 73.9 Å². The smallest absolute Gasteiger partial charge is 0.351 e. The summed E-state index contributed by atoms with van der Waals surface area (Å²) >= 11 is 0. The van der Waals surface area contributed by atoms with Gasteiger partial charge in [0.15, 0.2) is 5.78 Å². The molecule has 1 N–H and O–H groups in total. The van der Waals surface area contributed by atoms with Crippen LogP contribution < -0.4 is 0 Å². The molecule has 0 bridgehead atoms. The Morgan fingerprint density at radius 2 is 1.95 bits per heavy atom. The summed E-state index contributed by atoms with van der Waals surface area (Å²) in [5.41, 5.74) is -3.36. The number of rotatable bonds is 3. The molecule has 4 aliphatic carbocycles. The van der Waals surface area contributed by atoms with Crippen molar-refractivity contribution in [1.82, 2.24) is 0 Å². The van der Waals surface area contributed by atoms with Crippen LogP contribution >= 0.6 is 0 Å². The molecule has 37 heavy (non-hydrogen) atoms. The molecule has 0 radical (unpaired) electrons. The number of carbonyl (C=O) groups excluding carboxylic acids is 3.